The van der Waals surface area contributed by atoms with Crippen molar-refractivity contribution < 1.29 is 23.0 Å². The summed E-state index contributed by atoms with van der Waals surface area (Å²) in [4.78, 5) is 12.7. The lowest BCUT2D eigenvalue weighted by Gasteiger charge is -2.27. The van der Waals surface area contributed by atoms with Gasteiger partial charge in [-0.2, -0.15) is 5.10 Å². The van der Waals surface area contributed by atoms with Crippen molar-refractivity contribution in [3.63, 3.8) is 0 Å². The molecule has 1 aromatic carbocycles. The largest absolute Gasteiger partial charge is 0.459 e. The third-order valence-electron chi connectivity index (χ3n) is 4.82. The van der Waals surface area contributed by atoms with Gasteiger partial charge in [0.05, 0.1) is 17.5 Å². The zero-order valence-electron chi connectivity index (χ0n) is 15.1. The molecule has 1 aromatic heterocycles. The number of hydrogen-bond acceptors (Lipinski definition) is 4. The maximum atomic E-state index is 14.1. The van der Waals surface area contributed by atoms with Crippen molar-refractivity contribution in [3.05, 3.63) is 46.8 Å². The number of halogens is 2. The quantitative estimate of drug-likeness (QED) is 0.773. The Kier molecular flexibility index (Phi) is 5.36. The fourth-order valence-electron chi connectivity index (χ4n) is 3.46. The smallest absolute Gasteiger partial charge is 0.342 e. The molecule has 140 valence electrons. The van der Waals surface area contributed by atoms with Gasteiger partial charge in [-0.25, -0.2) is 18.3 Å². The lowest BCUT2D eigenvalue weighted by molar-refractivity contribution is -0.0150. The van der Waals surface area contributed by atoms with Gasteiger partial charge >= 0.3 is 5.97 Å². The van der Waals surface area contributed by atoms with Crippen molar-refractivity contribution in [2.24, 2.45) is 0 Å². The molecule has 0 amide bonds. The van der Waals surface area contributed by atoms with E-state index < -0.39 is 17.6 Å². The Hall–Kier alpha value is -2.28. The highest BCUT2D eigenvalue weighted by Crippen LogP contribution is 2.26. The Morgan fingerprint density at radius 3 is 2.65 bits per heavy atom. The van der Waals surface area contributed by atoms with Crippen LogP contribution in [0, 0.1) is 25.5 Å². The molecule has 3 rings (SSSR count). The van der Waals surface area contributed by atoms with Gasteiger partial charge in [-0.05, 0) is 45.2 Å². The minimum atomic E-state index is -0.745. The molecule has 1 saturated carbocycles. The molecule has 26 heavy (non-hydrogen) atoms. The second kappa shape index (κ2) is 7.53. The molecule has 0 bridgehead atoms. The molecule has 0 aliphatic heterocycles. The molecule has 0 saturated heterocycles. The van der Waals surface area contributed by atoms with Crippen LogP contribution in [0.15, 0.2) is 18.2 Å². The van der Waals surface area contributed by atoms with Crippen molar-refractivity contribution in [1.29, 1.82) is 0 Å². The highest BCUT2D eigenvalue weighted by Gasteiger charge is 2.28. The monoisotopic (exact) mass is 364 g/mol. The van der Waals surface area contributed by atoms with Gasteiger partial charge in [0.25, 0.3) is 0 Å². The van der Waals surface area contributed by atoms with E-state index in [0.29, 0.717) is 23.4 Å². The van der Waals surface area contributed by atoms with Gasteiger partial charge in [0.15, 0.2) is 5.82 Å². The Morgan fingerprint density at radius 1 is 1.23 bits per heavy atom. The first kappa shape index (κ1) is 18.5. The number of rotatable bonds is 4. The first-order chi connectivity index (χ1) is 12.4. The molecule has 0 N–H and O–H groups in total. The molecule has 0 spiro atoms. The normalized spacial score (nSPS) is 20.2. The number of nitrogens with zero attached hydrogens (tertiary/aromatic N) is 2. The van der Waals surface area contributed by atoms with E-state index in [1.807, 2.05) is 0 Å². The summed E-state index contributed by atoms with van der Waals surface area (Å²) >= 11 is 0. The topological polar surface area (TPSA) is 53.4 Å². The molecule has 2 unspecified atom stereocenters. The fourth-order valence-corrected chi connectivity index (χ4v) is 3.46. The van der Waals surface area contributed by atoms with Crippen LogP contribution in [0.4, 0.5) is 8.78 Å². The molecule has 1 aliphatic rings. The van der Waals surface area contributed by atoms with Gasteiger partial charge < -0.3 is 9.47 Å². The molecule has 2 atom stereocenters. The van der Waals surface area contributed by atoms with E-state index in [9.17, 15) is 13.6 Å². The predicted octanol–water partition coefficient (Wildman–Crippen LogP) is 3.88. The lowest BCUT2D eigenvalue weighted by Crippen LogP contribution is -2.29. The van der Waals surface area contributed by atoms with Crippen molar-refractivity contribution >= 4 is 5.97 Å². The number of methoxy groups -OCH3 is 1. The Labute approximate surface area is 150 Å². The van der Waals surface area contributed by atoms with Crippen LogP contribution >= 0.6 is 0 Å². The number of aromatic nitrogens is 2. The number of ether oxygens (including phenoxy) is 2. The van der Waals surface area contributed by atoms with Crippen molar-refractivity contribution in [2.45, 2.75) is 51.7 Å². The average molecular weight is 364 g/mol. The minimum absolute atomic E-state index is 0.0863. The molecule has 0 radical (unpaired) electrons. The van der Waals surface area contributed by atoms with Crippen LogP contribution in [0.25, 0.3) is 5.69 Å². The summed E-state index contributed by atoms with van der Waals surface area (Å²) in [6.45, 7) is 3.33. The average Bonchev–Trinajstić information content (AvgIpc) is 2.89. The highest BCUT2D eigenvalue weighted by atomic mass is 19.1. The molecule has 7 heteroatoms. The van der Waals surface area contributed by atoms with E-state index in [1.165, 1.54) is 10.7 Å². The summed E-state index contributed by atoms with van der Waals surface area (Å²) in [5.74, 6) is -1.89. The van der Waals surface area contributed by atoms with Crippen LogP contribution in [0.1, 0.15) is 47.4 Å². The summed E-state index contributed by atoms with van der Waals surface area (Å²) in [7, 11) is 1.66. The van der Waals surface area contributed by atoms with Crippen LogP contribution in [0.2, 0.25) is 0 Å². The summed E-state index contributed by atoms with van der Waals surface area (Å²) in [5.41, 5.74) is 1.30. The number of carbonyl (C=O) groups is 1. The molecule has 1 heterocycles. The number of benzene rings is 1. The third kappa shape index (κ3) is 3.62. The van der Waals surface area contributed by atoms with Crippen LogP contribution in [0.3, 0.4) is 0 Å². The van der Waals surface area contributed by atoms with Crippen LogP contribution < -0.4 is 0 Å². The molecule has 1 aliphatic carbocycles. The number of hydrogen-bond donors (Lipinski definition) is 0. The summed E-state index contributed by atoms with van der Waals surface area (Å²) in [5, 5.41) is 4.24. The highest BCUT2D eigenvalue weighted by molar-refractivity contribution is 5.92. The van der Waals surface area contributed by atoms with Crippen LogP contribution in [0.5, 0.6) is 0 Å². The maximum Gasteiger partial charge on any atom is 0.342 e. The van der Waals surface area contributed by atoms with E-state index in [2.05, 4.69) is 5.10 Å². The van der Waals surface area contributed by atoms with Gasteiger partial charge in [-0.1, -0.05) is 0 Å². The van der Waals surface area contributed by atoms with Crippen molar-refractivity contribution in [1.82, 2.24) is 9.78 Å². The van der Waals surface area contributed by atoms with Gasteiger partial charge in [-0.15, -0.1) is 0 Å². The zero-order valence-corrected chi connectivity index (χ0v) is 15.1. The predicted molar refractivity (Wildman–Crippen MR) is 91.4 cm³/mol. The van der Waals surface area contributed by atoms with E-state index in [-0.39, 0.29) is 17.9 Å². The first-order valence-electron chi connectivity index (χ1n) is 8.66. The Morgan fingerprint density at radius 2 is 1.96 bits per heavy atom. The number of aryl methyl sites for hydroxylation is 1. The second-order valence-corrected chi connectivity index (χ2v) is 6.60. The first-order valence-corrected chi connectivity index (χ1v) is 8.66. The van der Waals surface area contributed by atoms with E-state index in [0.717, 1.165) is 31.4 Å². The maximum absolute atomic E-state index is 14.1. The van der Waals surface area contributed by atoms with Crippen LogP contribution in [-0.2, 0) is 9.47 Å². The lowest BCUT2D eigenvalue weighted by atomic mass is 9.95. The Bertz CT molecular complexity index is 819. The van der Waals surface area contributed by atoms with Gasteiger partial charge in [0.1, 0.15) is 23.2 Å². The molecular weight excluding hydrogens is 342 g/mol. The van der Waals surface area contributed by atoms with Crippen molar-refractivity contribution in [2.75, 3.05) is 7.11 Å². The fraction of sp³-hybridized carbons (Fsp3) is 0.474. The van der Waals surface area contributed by atoms with E-state index in [1.54, 1.807) is 21.0 Å². The molecule has 1 fully saturated rings. The molecule has 2 aromatic rings. The minimum Gasteiger partial charge on any atom is -0.459 e. The number of esters is 1. The zero-order chi connectivity index (χ0) is 18.8. The van der Waals surface area contributed by atoms with Gasteiger partial charge in [0.2, 0.25) is 0 Å². The number of carbonyl (C=O) groups excluding carboxylic acids is 1. The Balaban J connectivity index is 1.84. The second-order valence-electron chi connectivity index (χ2n) is 6.60. The van der Waals surface area contributed by atoms with E-state index >= 15 is 0 Å². The van der Waals surface area contributed by atoms with E-state index in [4.69, 9.17) is 9.47 Å². The molecular formula is C19H22F2N2O3. The SMILES string of the molecule is COC1CCCC(OC(=O)c2c(C)nn(-c3ccc(F)cc3F)c2C)C1. The summed E-state index contributed by atoms with van der Waals surface area (Å²) in [6.07, 6.45) is 3.26. The van der Waals surface area contributed by atoms with Crippen molar-refractivity contribution in [3.8, 4) is 5.69 Å². The summed E-state index contributed by atoms with van der Waals surface area (Å²) in [6, 6.07) is 3.24. The molecule has 5 nitrogen and oxygen atoms in total. The standard InChI is InChI=1S/C19H22F2N2O3/c1-11-18(19(24)26-15-6-4-5-14(10-15)25-3)12(2)23(22-11)17-8-7-13(20)9-16(17)21/h7-9,14-15H,4-6,10H2,1-3H3. The summed E-state index contributed by atoms with van der Waals surface area (Å²) < 4.78 is 39.5. The third-order valence-corrected chi connectivity index (χ3v) is 4.82. The van der Waals surface area contributed by atoms with Gasteiger partial charge in [-0.3, -0.25) is 0 Å². The van der Waals surface area contributed by atoms with Gasteiger partial charge in [0, 0.05) is 19.6 Å². The van der Waals surface area contributed by atoms with Crippen LogP contribution in [-0.4, -0.2) is 35.1 Å².